The number of aromatic nitrogens is 1. The number of unbranched alkanes of at least 4 members (excludes halogenated alkanes) is 1. The average molecular weight is 291 g/mol. The molecule has 0 fully saturated rings. The number of carbonyl (C=O) groups excluding carboxylic acids is 2. The molecule has 0 amide bonds. The van der Waals surface area contributed by atoms with Crippen molar-refractivity contribution in [2.24, 2.45) is 0 Å². The third-order valence-corrected chi connectivity index (χ3v) is 3.28. The maximum absolute atomic E-state index is 12.2. The van der Waals surface area contributed by atoms with Gasteiger partial charge in [0, 0.05) is 19.0 Å². The van der Waals surface area contributed by atoms with Crippen LogP contribution in [-0.2, 0) is 6.42 Å². The van der Waals surface area contributed by atoms with Crippen LogP contribution < -0.4 is 5.32 Å². The van der Waals surface area contributed by atoms with Crippen molar-refractivity contribution >= 4 is 11.6 Å². The van der Waals surface area contributed by atoms with Gasteiger partial charge in [-0.3, -0.25) is 9.59 Å². The highest BCUT2D eigenvalue weighted by Crippen LogP contribution is 2.21. The first-order chi connectivity index (χ1) is 10.0. The number of allylic oxidation sites excluding steroid dienone is 2. The van der Waals surface area contributed by atoms with Gasteiger partial charge in [0.15, 0.2) is 11.6 Å². The summed E-state index contributed by atoms with van der Waals surface area (Å²) in [4.78, 5) is 30.4. The van der Waals surface area contributed by atoms with E-state index >= 15 is 0 Å². The summed E-state index contributed by atoms with van der Waals surface area (Å²) in [6.07, 6.45) is 3.84. The van der Waals surface area contributed by atoms with Crippen molar-refractivity contribution in [2.45, 2.75) is 26.2 Å². The van der Waals surface area contributed by atoms with Gasteiger partial charge in [0.05, 0.1) is 5.70 Å². The zero-order valence-corrected chi connectivity index (χ0v) is 12.7. The molecule has 2 rings (SSSR count). The van der Waals surface area contributed by atoms with Crippen molar-refractivity contribution < 1.29 is 14.0 Å². The zero-order valence-electron chi connectivity index (χ0n) is 12.7. The Bertz CT molecular complexity index is 573. The number of fused-ring (bicyclic) bond motifs is 1. The molecule has 0 atom stereocenters. The Morgan fingerprint density at radius 2 is 2.05 bits per heavy atom. The van der Waals surface area contributed by atoms with E-state index < -0.39 is 0 Å². The quantitative estimate of drug-likeness (QED) is 0.766. The maximum Gasteiger partial charge on any atom is 0.246 e. The Balaban J connectivity index is 1.96. The van der Waals surface area contributed by atoms with Gasteiger partial charge >= 0.3 is 0 Å². The molecular formula is C15H21N3O3. The van der Waals surface area contributed by atoms with Crippen LogP contribution in [0, 0.1) is 0 Å². The summed E-state index contributed by atoms with van der Waals surface area (Å²) in [7, 11) is 4.05. The molecule has 0 aromatic carbocycles. The molecule has 0 radical (unpaired) electrons. The molecule has 1 aliphatic carbocycles. The van der Waals surface area contributed by atoms with E-state index in [4.69, 9.17) is 4.42 Å². The number of oxazole rings is 1. The van der Waals surface area contributed by atoms with Gasteiger partial charge in [-0.25, -0.2) is 4.98 Å². The number of hydrogen-bond donors (Lipinski definition) is 1. The zero-order chi connectivity index (χ0) is 15.4. The summed E-state index contributed by atoms with van der Waals surface area (Å²) in [5, 5.41) is 3.03. The molecule has 1 aliphatic rings. The summed E-state index contributed by atoms with van der Waals surface area (Å²) in [5.41, 5.74) is 0.436. The van der Waals surface area contributed by atoms with Gasteiger partial charge < -0.3 is 14.6 Å². The fourth-order valence-corrected chi connectivity index (χ4v) is 2.13. The first-order valence-electron chi connectivity index (χ1n) is 7.22. The molecule has 6 heteroatoms. The van der Waals surface area contributed by atoms with Crippen LogP contribution in [0.3, 0.4) is 0 Å². The number of carbonyl (C=O) groups is 2. The standard InChI is InChI=1S/C15H21N3O3/c1-4-12-17-13-11(19)9-10(14(20)15(13)21-12)16-7-5-6-8-18(2)3/h9,16H,4-8H2,1-3H3. The Labute approximate surface area is 124 Å². The number of nitrogens with zero attached hydrogens (tertiary/aromatic N) is 2. The molecule has 0 unspecified atom stereocenters. The highest BCUT2D eigenvalue weighted by atomic mass is 16.4. The lowest BCUT2D eigenvalue weighted by Crippen LogP contribution is -2.27. The molecule has 21 heavy (non-hydrogen) atoms. The number of nitrogens with one attached hydrogen (secondary N) is 1. The van der Waals surface area contributed by atoms with Crippen LogP contribution in [0.4, 0.5) is 0 Å². The highest BCUT2D eigenvalue weighted by Gasteiger charge is 2.31. The van der Waals surface area contributed by atoms with Crippen LogP contribution in [0.25, 0.3) is 0 Å². The second-order valence-electron chi connectivity index (χ2n) is 5.33. The fraction of sp³-hybridized carbons (Fsp3) is 0.533. The first kappa shape index (κ1) is 15.4. The van der Waals surface area contributed by atoms with Gasteiger partial charge in [0.1, 0.15) is 0 Å². The molecule has 1 aromatic rings. The number of aryl methyl sites for hydroxylation is 1. The molecule has 0 spiro atoms. The smallest absolute Gasteiger partial charge is 0.246 e. The summed E-state index contributed by atoms with van der Waals surface area (Å²) < 4.78 is 5.36. The van der Waals surface area contributed by atoms with Gasteiger partial charge in [-0.05, 0) is 33.5 Å². The molecule has 0 bridgehead atoms. The van der Waals surface area contributed by atoms with Crippen molar-refractivity contribution in [3.8, 4) is 0 Å². The Kier molecular flexibility index (Phi) is 4.90. The van der Waals surface area contributed by atoms with Crippen LogP contribution in [0.5, 0.6) is 0 Å². The van der Waals surface area contributed by atoms with Crippen molar-refractivity contribution in [2.75, 3.05) is 27.2 Å². The van der Waals surface area contributed by atoms with Crippen LogP contribution in [0.2, 0.25) is 0 Å². The summed E-state index contributed by atoms with van der Waals surface area (Å²) >= 11 is 0. The molecule has 0 aliphatic heterocycles. The summed E-state index contributed by atoms with van der Waals surface area (Å²) in [5.74, 6) is -0.0780. The molecule has 114 valence electrons. The molecule has 1 heterocycles. The van der Waals surface area contributed by atoms with E-state index in [1.54, 1.807) is 0 Å². The van der Waals surface area contributed by atoms with Crippen molar-refractivity contribution in [3.63, 3.8) is 0 Å². The minimum absolute atomic E-state index is 0.0649. The number of ketones is 2. The van der Waals surface area contributed by atoms with E-state index in [1.807, 2.05) is 21.0 Å². The first-order valence-corrected chi connectivity index (χ1v) is 7.22. The third kappa shape index (κ3) is 3.58. The predicted octanol–water partition coefficient (Wildman–Crippen LogP) is 1.43. The van der Waals surface area contributed by atoms with E-state index in [9.17, 15) is 9.59 Å². The number of Topliss-reactive ketones (excluding diaryl/α,β-unsaturated/α-hetero) is 1. The van der Waals surface area contributed by atoms with Crippen LogP contribution in [0.15, 0.2) is 16.2 Å². The normalized spacial score (nSPS) is 14.4. The molecule has 1 N–H and O–H groups in total. The second-order valence-corrected chi connectivity index (χ2v) is 5.33. The highest BCUT2D eigenvalue weighted by molar-refractivity contribution is 6.22. The van der Waals surface area contributed by atoms with Crippen LogP contribution in [-0.4, -0.2) is 48.6 Å². The molecule has 1 aromatic heterocycles. The lowest BCUT2D eigenvalue weighted by atomic mass is 10.0. The Morgan fingerprint density at radius 3 is 2.71 bits per heavy atom. The van der Waals surface area contributed by atoms with Crippen molar-refractivity contribution in [1.29, 1.82) is 0 Å². The van der Waals surface area contributed by atoms with E-state index in [-0.39, 0.29) is 23.0 Å². The van der Waals surface area contributed by atoms with Crippen molar-refractivity contribution in [1.82, 2.24) is 15.2 Å². The van der Waals surface area contributed by atoms with E-state index in [2.05, 4.69) is 15.2 Å². The average Bonchev–Trinajstić information content (AvgIpc) is 2.88. The minimum atomic E-state index is -0.288. The summed E-state index contributed by atoms with van der Waals surface area (Å²) in [6.45, 7) is 3.52. The van der Waals surface area contributed by atoms with Gasteiger partial charge in [-0.15, -0.1) is 0 Å². The van der Waals surface area contributed by atoms with E-state index in [0.29, 0.717) is 24.6 Å². The van der Waals surface area contributed by atoms with Gasteiger partial charge in [0.2, 0.25) is 17.3 Å². The van der Waals surface area contributed by atoms with Gasteiger partial charge in [0.25, 0.3) is 0 Å². The second kappa shape index (κ2) is 6.67. The molecule has 0 saturated heterocycles. The van der Waals surface area contributed by atoms with Crippen molar-refractivity contribution in [3.05, 3.63) is 29.1 Å². The van der Waals surface area contributed by atoms with Crippen LogP contribution >= 0.6 is 0 Å². The topological polar surface area (TPSA) is 75.4 Å². The predicted molar refractivity (Wildman–Crippen MR) is 78.4 cm³/mol. The molecular weight excluding hydrogens is 270 g/mol. The van der Waals surface area contributed by atoms with Gasteiger partial charge in [-0.1, -0.05) is 6.92 Å². The largest absolute Gasteiger partial charge is 0.436 e. The fourth-order valence-electron chi connectivity index (χ4n) is 2.13. The molecule has 6 nitrogen and oxygen atoms in total. The van der Waals surface area contributed by atoms with E-state index in [0.717, 1.165) is 19.4 Å². The Hall–Kier alpha value is -1.95. The monoisotopic (exact) mass is 291 g/mol. The number of hydrogen-bond acceptors (Lipinski definition) is 6. The lowest BCUT2D eigenvalue weighted by molar-refractivity contribution is 0.0955. The third-order valence-electron chi connectivity index (χ3n) is 3.28. The van der Waals surface area contributed by atoms with Crippen LogP contribution in [0.1, 0.15) is 46.7 Å². The lowest BCUT2D eigenvalue weighted by Gasteiger charge is -2.13. The SMILES string of the molecule is CCc1nc2c(o1)C(=O)C(NCCCCN(C)C)=CC2=O. The minimum Gasteiger partial charge on any atom is -0.436 e. The molecule has 0 saturated carbocycles. The summed E-state index contributed by atoms with van der Waals surface area (Å²) in [6, 6.07) is 0. The number of rotatable bonds is 7. The maximum atomic E-state index is 12.2. The Morgan fingerprint density at radius 1 is 1.29 bits per heavy atom. The van der Waals surface area contributed by atoms with E-state index in [1.165, 1.54) is 6.08 Å². The van der Waals surface area contributed by atoms with Gasteiger partial charge in [-0.2, -0.15) is 0 Å².